The quantitative estimate of drug-likeness (QED) is 0.662. The third-order valence-corrected chi connectivity index (χ3v) is 4.03. The van der Waals surface area contributed by atoms with E-state index in [1.165, 1.54) is 12.1 Å². The Morgan fingerprint density at radius 1 is 1.24 bits per heavy atom. The zero-order valence-corrected chi connectivity index (χ0v) is 13.2. The molecule has 0 amide bonds. The number of benzene rings is 1. The van der Waals surface area contributed by atoms with Crippen LogP contribution in [0.5, 0.6) is 5.75 Å². The van der Waals surface area contributed by atoms with Gasteiger partial charge < -0.3 is 10.1 Å². The van der Waals surface area contributed by atoms with Crippen molar-refractivity contribution in [1.29, 1.82) is 0 Å². The molecule has 1 N–H and O–H groups in total. The molecule has 1 unspecified atom stereocenters. The largest absolute Gasteiger partial charge is 0.573 e. The lowest BCUT2D eigenvalue weighted by molar-refractivity contribution is -0.274. The smallest absolute Gasteiger partial charge is 0.406 e. The van der Waals surface area contributed by atoms with Gasteiger partial charge in [0, 0.05) is 11.8 Å². The van der Waals surface area contributed by atoms with Gasteiger partial charge in [-0.3, -0.25) is 0 Å². The summed E-state index contributed by atoms with van der Waals surface area (Å²) in [5, 5.41) is 3.38. The molecule has 0 aliphatic carbocycles. The van der Waals surface area contributed by atoms with Gasteiger partial charge in [-0.2, -0.15) is 11.8 Å². The highest BCUT2D eigenvalue weighted by Gasteiger charge is 2.31. The molecule has 6 heteroatoms. The maximum absolute atomic E-state index is 12.3. The molecule has 120 valence electrons. The van der Waals surface area contributed by atoms with E-state index in [-0.39, 0.29) is 11.8 Å². The van der Waals surface area contributed by atoms with E-state index in [2.05, 4.69) is 23.9 Å². The molecule has 1 atom stereocenters. The normalized spacial score (nSPS) is 13.2. The first-order chi connectivity index (χ1) is 9.96. The lowest BCUT2D eigenvalue weighted by atomic mass is 10.1. The summed E-state index contributed by atoms with van der Waals surface area (Å²) in [6.07, 6.45) is -2.59. The summed E-state index contributed by atoms with van der Waals surface area (Å²) >= 11 is 1.80. The number of hydrogen-bond donors (Lipinski definition) is 1. The van der Waals surface area contributed by atoms with Gasteiger partial charge in [-0.25, -0.2) is 0 Å². The number of alkyl halides is 3. The molecule has 0 fully saturated rings. The van der Waals surface area contributed by atoms with Crippen LogP contribution in [0.4, 0.5) is 13.2 Å². The van der Waals surface area contributed by atoms with Crippen molar-refractivity contribution in [3.8, 4) is 5.75 Å². The fourth-order valence-corrected chi connectivity index (χ4v) is 2.87. The van der Waals surface area contributed by atoms with E-state index in [0.717, 1.165) is 36.5 Å². The Hall–Kier alpha value is -0.880. The van der Waals surface area contributed by atoms with Crippen molar-refractivity contribution in [2.75, 3.05) is 18.1 Å². The van der Waals surface area contributed by atoms with Crippen molar-refractivity contribution in [2.45, 2.75) is 39.1 Å². The Morgan fingerprint density at radius 2 is 2.00 bits per heavy atom. The van der Waals surface area contributed by atoms with Crippen molar-refractivity contribution in [3.05, 3.63) is 29.8 Å². The number of thioether (sulfide) groups is 1. The first kappa shape index (κ1) is 18.2. The number of rotatable bonds is 9. The van der Waals surface area contributed by atoms with E-state index in [1.807, 2.05) is 6.07 Å². The van der Waals surface area contributed by atoms with Crippen LogP contribution in [-0.2, 0) is 0 Å². The van der Waals surface area contributed by atoms with E-state index in [1.54, 1.807) is 17.8 Å². The zero-order chi connectivity index (χ0) is 15.7. The van der Waals surface area contributed by atoms with Crippen LogP contribution in [0.2, 0.25) is 0 Å². The molecule has 0 radical (unpaired) electrons. The maximum Gasteiger partial charge on any atom is 0.573 e. The van der Waals surface area contributed by atoms with Crippen molar-refractivity contribution >= 4 is 11.8 Å². The van der Waals surface area contributed by atoms with Gasteiger partial charge >= 0.3 is 6.36 Å². The number of ether oxygens (including phenoxy) is 1. The van der Waals surface area contributed by atoms with Crippen molar-refractivity contribution in [3.63, 3.8) is 0 Å². The predicted molar refractivity (Wildman–Crippen MR) is 81.8 cm³/mol. The lowest BCUT2D eigenvalue weighted by Crippen LogP contribution is -2.24. The van der Waals surface area contributed by atoms with Gasteiger partial charge in [-0.05, 0) is 42.8 Å². The topological polar surface area (TPSA) is 21.3 Å². The monoisotopic (exact) mass is 321 g/mol. The second-order valence-electron chi connectivity index (χ2n) is 4.70. The highest BCUT2D eigenvalue weighted by molar-refractivity contribution is 7.99. The highest BCUT2D eigenvalue weighted by Crippen LogP contribution is 2.27. The molecule has 0 spiro atoms. The molecule has 0 saturated heterocycles. The molecule has 0 aliphatic rings. The molecule has 21 heavy (non-hydrogen) atoms. The summed E-state index contributed by atoms with van der Waals surface area (Å²) in [4.78, 5) is 0. The first-order valence-corrected chi connectivity index (χ1v) is 8.28. The van der Waals surface area contributed by atoms with Gasteiger partial charge in [0.1, 0.15) is 5.75 Å². The average Bonchev–Trinajstić information content (AvgIpc) is 2.41. The van der Waals surface area contributed by atoms with Crippen LogP contribution < -0.4 is 10.1 Å². The fraction of sp³-hybridized carbons (Fsp3) is 0.600. The van der Waals surface area contributed by atoms with E-state index in [0.29, 0.717) is 0 Å². The third kappa shape index (κ3) is 7.62. The standard InChI is InChI=1S/C15H22F3NOS/c1-3-8-19-14(11-21-9-4-2)12-6-5-7-13(10-12)20-15(16,17)18/h5-7,10,14,19H,3-4,8-9,11H2,1-2H3. The minimum absolute atomic E-state index is 0.0401. The number of nitrogens with one attached hydrogen (secondary N) is 1. The van der Waals surface area contributed by atoms with Gasteiger partial charge in [0.15, 0.2) is 0 Å². The van der Waals surface area contributed by atoms with E-state index in [9.17, 15) is 13.2 Å². The predicted octanol–water partition coefficient (Wildman–Crippen LogP) is 4.77. The molecular formula is C15H22F3NOS. The lowest BCUT2D eigenvalue weighted by Gasteiger charge is -2.19. The zero-order valence-electron chi connectivity index (χ0n) is 12.4. The molecule has 0 aliphatic heterocycles. The van der Waals surface area contributed by atoms with Crippen LogP contribution in [0.3, 0.4) is 0 Å². The van der Waals surface area contributed by atoms with Crippen LogP contribution in [0.25, 0.3) is 0 Å². The Labute approximate surface area is 128 Å². The van der Waals surface area contributed by atoms with Crippen LogP contribution in [0.15, 0.2) is 24.3 Å². The molecule has 0 heterocycles. The van der Waals surface area contributed by atoms with Crippen molar-refractivity contribution in [1.82, 2.24) is 5.32 Å². The molecule has 2 nitrogen and oxygen atoms in total. The molecule has 0 aromatic heterocycles. The highest BCUT2D eigenvalue weighted by atomic mass is 32.2. The van der Waals surface area contributed by atoms with E-state index in [4.69, 9.17) is 0 Å². The Bertz CT molecular complexity index is 412. The van der Waals surface area contributed by atoms with Crippen molar-refractivity contribution < 1.29 is 17.9 Å². The Kier molecular flexibility index (Phi) is 7.96. The van der Waals surface area contributed by atoms with Gasteiger partial charge in [0.25, 0.3) is 0 Å². The maximum atomic E-state index is 12.3. The molecular weight excluding hydrogens is 299 g/mol. The van der Waals surface area contributed by atoms with Crippen molar-refractivity contribution in [2.24, 2.45) is 0 Å². The summed E-state index contributed by atoms with van der Waals surface area (Å²) in [5.41, 5.74) is 0.828. The molecule has 1 aromatic carbocycles. The Morgan fingerprint density at radius 3 is 2.62 bits per heavy atom. The SMILES string of the molecule is CCCNC(CSCCC)c1cccc(OC(F)(F)F)c1. The van der Waals surface area contributed by atoms with Gasteiger partial charge in [0.2, 0.25) is 0 Å². The minimum atomic E-state index is -4.65. The number of halogens is 3. The average molecular weight is 321 g/mol. The summed E-state index contributed by atoms with van der Waals surface area (Å²) < 4.78 is 40.8. The summed E-state index contributed by atoms with van der Waals surface area (Å²) in [6, 6.07) is 6.27. The molecule has 0 saturated carbocycles. The second kappa shape index (κ2) is 9.20. The Balaban J connectivity index is 2.77. The van der Waals surface area contributed by atoms with Crippen LogP contribution in [-0.4, -0.2) is 24.4 Å². The van der Waals surface area contributed by atoms with Gasteiger partial charge in [-0.15, -0.1) is 13.2 Å². The first-order valence-electron chi connectivity index (χ1n) is 7.13. The van der Waals surface area contributed by atoms with Crippen LogP contribution in [0.1, 0.15) is 38.3 Å². The van der Waals surface area contributed by atoms with Gasteiger partial charge in [-0.1, -0.05) is 26.0 Å². The second-order valence-corrected chi connectivity index (χ2v) is 5.85. The molecule has 0 bridgehead atoms. The summed E-state index contributed by atoms with van der Waals surface area (Å²) in [6.45, 7) is 5.01. The molecule has 1 rings (SSSR count). The third-order valence-electron chi connectivity index (χ3n) is 2.77. The minimum Gasteiger partial charge on any atom is -0.406 e. The summed E-state index contributed by atoms with van der Waals surface area (Å²) in [5.74, 6) is 1.72. The van der Waals surface area contributed by atoms with Gasteiger partial charge in [0.05, 0.1) is 0 Å². The van der Waals surface area contributed by atoms with Crippen LogP contribution in [0, 0.1) is 0 Å². The summed E-state index contributed by atoms with van der Waals surface area (Å²) in [7, 11) is 0. The van der Waals surface area contributed by atoms with E-state index < -0.39 is 6.36 Å². The molecule has 1 aromatic rings. The fourth-order valence-electron chi connectivity index (χ4n) is 1.87. The number of hydrogen-bond acceptors (Lipinski definition) is 3. The van der Waals surface area contributed by atoms with Crippen LogP contribution >= 0.6 is 11.8 Å². The van der Waals surface area contributed by atoms with E-state index >= 15 is 0 Å².